The molecule has 0 aromatic rings. The second-order valence-electron chi connectivity index (χ2n) is 0.519. The molecule has 0 atom stereocenters. The van der Waals surface area contributed by atoms with Gasteiger partial charge in [-0.25, -0.2) is 0 Å². The van der Waals surface area contributed by atoms with Crippen LogP contribution in [0.15, 0.2) is 0 Å². The van der Waals surface area contributed by atoms with Crippen molar-refractivity contribution < 1.29 is 62.0 Å². The van der Waals surface area contributed by atoms with E-state index in [-0.39, 0.29) is 52.0 Å². The van der Waals surface area contributed by atoms with Crippen molar-refractivity contribution in [2.75, 3.05) is 0 Å². The Kier molecular flexibility index (Phi) is 24.8. The summed E-state index contributed by atoms with van der Waals surface area (Å²) in [5.74, 6) is -0.833. The number of carbonyl (C=O) groups is 1. The van der Waals surface area contributed by atoms with Crippen LogP contribution in [0.1, 0.15) is 8.35 Å². The van der Waals surface area contributed by atoms with Crippen LogP contribution in [0, 0.1) is 0 Å². The largest absolute Gasteiger partial charge is 1.00 e. The van der Waals surface area contributed by atoms with E-state index in [9.17, 15) is 0 Å². The summed E-state index contributed by atoms with van der Waals surface area (Å²) in [6, 6.07) is 0. The Balaban J connectivity index is -0.0000000150. The van der Waals surface area contributed by atoms with E-state index in [0.29, 0.717) is 0 Å². The first kappa shape index (κ1) is 15.7. The molecular weight excluding hydrogens is 274 g/mol. The molecule has 0 aromatic carbocycles. The van der Waals surface area contributed by atoms with E-state index in [1.165, 1.54) is 0 Å². The van der Waals surface area contributed by atoms with Gasteiger partial charge in [-0.2, -0.15) is 0 Å². The zero-order valence-corrected chi connectivity index (χ0v) is 7.94. The van der Waals surface area contributed by atoms with E-state index < -0.39 is 5.97 Å². The van der Waals surface area contributed by atoms with Crippen LogP contribution in [0.25, 0.3) is 0 Å². The number of aliphatic carboxylic acids is 1. The van der Waals surface area contributed by atoms with Crippen molar-refractivity contribution >= 4 is 5.97 Å². The fraction of sp³-hybridized carbons (Fsp3) is 0.500. The number of rotatable bonds is 0. The minimum Gasteiger partial charge on any atom is -1.00 e. The average Bonchev–Trinajstić information content (AvgIpc) is 0.811. The molecule has 0 rings (SSSR count). The molecule has 0 aliphatic heterocycles. The standard InChI is InChI=1S/C2H4O2.Na.Pt.H/c1-2(3)4;;;/h1H3,(H,3,4);;;/q;+1;;-1. The van der Waals surface area contributed by atoms with Crippen LogP contribution in [0.3, 0.4) is 0 Å². The summed E-state index contributed by atoms with van der Waals surface area (Å²) >= 11 is 0. The van der Waals surface area contributed by atoms with Gasteiger partial charge in [0, 0.05) is 28.0 Å². The first-order valence-corrected chi connectivity index (χ1v) is 0.928. The van der Waals surface area contributed by atoms with Gasteiger partial charge in [-0.15, -0.1) is 0 Å². The molecule has 36 valence electrons. The zero-order valence-electron chi connectivity index (χ0n) is 4.67. The van der Waals surface area contributed by atoms with Gasteiger partial charge < -0.3 is 6.53 Å². The van der Waals surface area contributed by atoms with Crippen molar-refractivity contribution in [1.29, 1.82) is 0 Å². The summed E-state index contributed by atoms with van der Waals surface area (Å²) in [5, 5.41) is 7.42. The Hall–Kier alpha value is 1.16. The van der Waals surface area contributed by atoms with E-state index in [2.05, 4.69) is 0 Å². The Bertz CT molecular complexity index is 38.7. The molecule has 0 bridgehead atoms. The molecule has 0 saturated carbocycles. The molecule has 0 aliphatic rings. The number of hydrogen-bond donors (Lipinski definition) is 1. The summed E-state index contributed by atoms with van der Waals surface area (Å²) in [5.41, 5.74) is 0. The molecule has 0 aliphatic carbocycles. The van der Waals surface area contributed by atoms with E-state index >= 15 is 0 Å². The Morgan fingerprint density at radius 1 is 1.83 bits per heavy atom. The minimum absolute atomic E-state index is 0. The second kappa shape index (κ2) is 9.48. The number of carboxylic acid groups (broad SMARTS) is 1. The third-order valence-corrected chi connectivity index (χ3v) is 0. The molecular formula is C2H5NaO2Pt. The van der Waals surface area contributed by atoms with Gasteiger partial charge in [-0.05, 0) is 0 Å². The molecule has 0 fully saturated rings. The SMILES string of the molecule is CC(=O)O.[H-].[Na+].[Pt]. The molecule has 0 saturated heterocycles. The first-order chi connectivity index (χ1) is 1.73. The molecule has 0 aromatic heterocycles. The molecule has 0 unspecified atom stereocenters. The molecule has 0 spiro atoms. The number of carboxylic acids is 1. The topological polar surface area (TPSA) is 37.3 Å². The predicted octanol–water partition coefficient (Wildman–Crippen LogP) is -2.80. The van der Waals surface area contributed by atoms with Gasteiger partial charge in [-0.1, -0.05) is 0 Å². The quantitative estimate of drug-likeness (QED) is 0.487. The summed E-state index contributed by atoms with van der Waals surface area (Å²) in [6.07, 6.45) is 0. The molecule has 2 nitrogen and oxygen atoms in total. The maximum absolute atomic E-state index is 9.00. The molecule has 4 heteroatoms. The summed E-state index contributed by atoms with van der Waals surface area (Å²) in [7, 11) is 0. The maximum atomic E-state index is 9.00. The Labute approximate surface area is 74.3 Å². The monoisotopic (exact) mass is 279 g/mol. The van der Waals surface area contributed by atoms with E-state index in [1.807, 2.05) is 0 Å². The van der Waals surface area contributed by atoms with Crippen LogP contribution in [-0.2, 0) is 25.9 Å². The van der Waals surface area contributed by atoms with Gasteiger partial charge in [0.1, 0.15) is 0 Å². The second-order valence-corrected chi connectivity index (χ2v) is 0.519. The normalized spacial score (nSPS) is 4.17. The smallest absolute Gasteiger partial charge is 1.00 e. The fourth-order valence-electron chi connectivity index (χ4n) is 0. The third-order valence-electron chi connectivity index (χ3n) is 0. The molecule has 0 amide bonds. The first-order valence-electron chi connectivity index (χ1n) is 0.928. The van der Waals surface area contributed by atoms with Gasteiger partial charge in [0.15, 0.2) is 0 Å². The van der Waals surface area contributed by atoms with Crippen LogP contribution in [0.5, 0.6) is 0 Å². The van der Waals surface area contributed by atoms with Crippen molar-refractivity contribution in [2.45, 2.75) is 6.92 Å². The van der Waals surface area contributed by atoms with E-state index in [1.54, 1.807) is 0 Å². The van der Waals surface area contributed by atoms with Gasteiger partial charge >= 0.3 is 29.6 Å². The van der Waals surface area contributed by atoms with Gasteiger partial charge in [-0.3, -0.25) is 4.79 Å². The van der Waals surface area contributed by atoms with Gasteiger partial charge in [0.2, 0.25) is 0 Å². The maximum Gasteiger partial charge on any atom is 1.00 e. The summed E-state index contributed by atoms with van der Waals surface area (Å²) in [4.78, 5) is 9.00. The van der Waals surface area contributed by atoms with Crippen LogP contribution < -0.4 is 29.6 Å². The van der Waals surface area contributed by atoms with Crippen molar-refractivity contribution in [3.63, 3.8) is 0 Å². The summed E-state index contributed by atoms with van der Waals surface area (Å²) in [6.45, 7) is 1.08. The van der Waals surface area contributed by atoms with Crippen LogP contribution in [0.4, 0.5) is 0 Å². The average molecular weight is 279 g/mol. The third kappa shape index (κ3) is 66.5. The van der Waals surface area contributed by atoms with Crippen molar-refractivity contribution in [1.82, 2.24) is 0 Å². The molecule has 1 N–H and O–H groups in total. The van der Waals surface area contributed by atoms with E-state index in [0.717, 1.165) is 6.92 Å². The van der Waals surface area contributed by atoms with Crippen molar-refractivity contribution in [3.8, 4) is 0 Å². The van der Waals surface area contributed by atoms with Crippen molar-refractivity contribution in [2.24, 2.45) is 0 Å². The van der Waals surface area contributed by atoms with Crippen LogP contribution in [0.2, 0.25) is 0 Å². The Morgan fingerprint density at radius 2 is 1.83 bits per heavy atom. The molecule has 0 heterocycles. The molecule has 0 radical (unpaired) electrons. The summed E-state index contributed by atoms with van der Waals surface area (Å²) < 4.78 is 0. The number of hydrogen-bond acceptors (Lipinski definition) is 1. The zero-order chi connectivity index (χ0) is 3.58. The Morgan fingerprint density at radius 3 is 1.83 bits per heavy atom. The predicted molar refractivity (Wildman–Crippen MR) is 14.4 cm³/mol. The van der Waals surface area contributed by atoms with E-state index in [4.69, 9.17) is 9.90 Å². The molecule has 6 heavy (non-hydrogen) atoms. The van der Waals surface area contributed by atoms with Crippen molar-refractivity contribution in [3.05, 3.63) is 0 Å². The van der Waals surface area contributed by atoms with Gasteiger partial charge in [0.05, 0.1) is 0 Å². The fourth-order valence-corrected chi connectivity index (χ4v) is 0. The van der Waals surface area contributed by atoms with Gasteiger partial charge in [0.25, 0.3) is 5.97 Å². The van der Waals surface area contributed by atoms with Crippen LogP contribution >= 0.6 is 0 Å². The minimum atomic E-state index is -0.833. The van der Waals surface area contributed by atoms with Crippen LogP contribution in [-0.4, -0.2) is 11.1 Å².